The second kappa shape index (κ2) is 17.7. The van der Waals surface area contributed by atoms with Gasteiger partial charge in [-0.1, -0.05) is 186 Å². The Morgan fingerprint density at radius 2 is 0.730 bits per heavy atom. The van der Waals surface area contributed by atoms with Gasteiger partial charge in [0, 0.05) is 21.5 Å². The van der Waals surface area contributed by atoms with Crippen molar-refractivity contribution >= 4 is 49.3 Å². The zero-order valence-corrected chi connectivity index (χ0v) is 41.0. The Morgan fingerprint density at radius 3 is 1.03 bits per heavy atom. The third kappa shape index (κ3) is 7.78. The number of fused-ring (bicyclic) bond motifs is 6. The zero-order chi connectivity index (χ0) is 51.0. The van der Waals surface area contributed by atoms with E-state index >= 15 is 13.2 Å². The minimum Gasteiger partial charge on any atom is -0.308 e. The van der Waals surface area contributed by atoms with Crippen molar-refractivity contribution in [2.75, 3.05) is 0 Å². The highest BCUT2D eigenvalue weighted by Crippen LogP contribution is 2.47. The van der Waals surface area contributed by atoms with Crippen molar-refractivity contribution in [3.63, 3.8) is 0 Å². The topological polar surface area (TPSA) is 38.0 Å². The van der Waals surface area contributed by atoms with Gasteiger partial charge in [-0.2, -0.15) is 18.4 Å². The molecule has 2 aromatic heterocycles. The number of hydrogen-bond acceptors (Lipinski definition) is 1. The summed E-state index contributed by atoms with van der Waals surface area (Å²) in [7, 11) is 0. The van der Waals surface area contributed by atoms with E-state index < -0.39 is 11.7 Å². The molecule has 12 aromatic rings. The summed E-state index contributed by atoms with van der Waals surface area (Å²) in [6.45, 7) is 16.5. The summed E-state index contributed by atoms with van der Waals surface area (Å²) in [4.78, 5) is 3.73. The lowest BCUT2D eigenvalue weighted by atomic mass is 9.94. The number of nitrogens with zero attached hydrogens (tertiary/aromatic N) is 4. The first kappa shape index (κ1) is 45.7. The van der Waals surface area contributed by atoms with E-state index in [4.69, 9.17) is 6.57 Å². The zero-order valence-electron chi connectivity index (χ0n) is 41.0. The van der Waals surface area contributed by atoms with Crippen LogP contribution in [0, 0.1) is 45.6 Å². The van der Waals surface area contributed by atoms with Crippen LogP contribution in [0.1, 0.15) is 33.4 Å². The first-order valence-electron chi connectivity index (χ1n) is 24.5. The largest absolute Gasteiger partial charge is 0.415 e. The van der Waals surface area contributed by atoms with Crippen molar-refractivity contribution in [3.8, 4) is 73.1 Å². The number of aryl methyl sites for hydroxylation is 4. The van der Waals surface area contributed by atoms with Gasteiger partial charge in [-0.15, -0.1) is 0 Å². The van der Waals surface area contributed by atoms with Crippen LogP contribution in [0.5, 0.6) is 0 Å². The number of aromatic nitrogens is 2. The second-order valence-electron chi connectivity index (χ2n) is 19.4. The molecule has 0 aliphatic rings. The fourth-order valence-electron chi connectivity index (χ4n) is 11.0. The Labute approximate surface area is 426 Å². The van der Waals surface area contributed by atoms with E-state index in [0.29, 0.717) is 11.4 Å². The van der Waals surface area contributed by atoms with Crippen LogP contribution in [0.15, 0.2) is 200 Å². The highest BCUT2D eigenvalue weighted by Gasteiger charge is 2.35. The Hall–Kier alpha value is -9.43. The summed E-state index contributed by atoms with van der Waals surface area (Å²) in [5.74, 6) is 0. The smallest absolute Gasteiger partial charge is 0.308 e. The van der Waals surface area contributed by atoms with Gasteiger partial charge in [0.2, 0.25) is 0 Å². The van der Waals surface area contributed by atoms with Gasteiger partial charge in [0.1, 0.15) is 11.6 Å². The van der Waals surface area contributed by atoms with Gasteiger partial charge in [-0.25, -0.2) is 4.85 Å². The van der Waals surface area contributed by atoms with Crippen molar-refractivity contribution in [2.45, 2.75) is 33.9 Å². The van der Waals surface area contributed by atoms with Gasteiger partial charge < -0.3 is 9.13 Å². The molecular weight excluding hydrogens is 918 g/mol. The maximum Gasteiger partial charge on any atom is 0.415 e. The molecule has 7 heteroatoms. The third-order valence-electron chi connectivity index (χ3n) is 14.4. The van der Waals surface area contributed by atoms with E-state index in [1.54, 1.807) is 12.1 Å². The molecule has 0 N–H and O–H groups in total. The molecule has 0 saturated carbocycles. The quantitative estimate of drug-likeness (QED) is 0.147. The molecule has 4 nitrogen and oxygen atoms in total. The number of benzene rings is 10. The SMILES string of the molecule is [C-]#[N+]c1cccc(C(F)(F)F)c1-c1cc(-n2c3cc(-c4cccc(C)c4)ccc3c3ccc(-c4cccc(C)c4)cc32)c(C#N)c(-n2c3cc(-c4cccc(C)c4)ccc3c3ccc(-c4cccc(C)c4)cc32)c1. The van der Waals surface area contributed by atoms with Crippen LogP contribution in [-0.4, -0.2) is 9.13 Å². The van der Waals surface area contributed by atoms with Gasteiger partial charge in [-0.3, -0.25) is 0 Å². The number of hydrogen-bond donors (Lipinski definition) is 0. The second-order valence-corrected chi connectivity index (χ2v) is 19.4. The van der Waals surface area contributed by atoms with Crippen LogP contribution >= 0.6 is 0 Å². The maximum absolute atomic E-state index is 15.5. The molecule has 0 atom stereocenters. The number of rotatable bonds is 7. The molecule has 0 radical (unpaired) electrons. The molecule has 12 rings (SSSR count). The summed E-state index contributed by atoms with van der Waals surface area (Å²) in [6, 6.07) is 68.0. The van der Waals surface area contributed by atoms with E-state index in [2.05, 4.69) is 184 Å². The first-order chi connectivity index (χ1) is 35.8. The van der Waals surface area contributed by atoms with Crippen LogP contribution in [0.4, 0.5) is 18.9 Å². The Bertz CT molecular complexity index is 3940. The molecule has 0 bridgehead atoms. The predicted molar refractivity (Wildman–Crippen MR) is 297 cm³/mol. The number of nitriles is 1. The molecule has 0 aliphatic heterocycles. The van der Waals surface area contributed by atoms with Crippen molar-refractivity contribution in [3.05, 3.63) is 245 Å². The molecule has 2 heterocycles. The van der Waals surface area contributed by atoms with Crippen molar-refractivity contribution in [2.24, 2.45) is 0 Å². The molecule has 0 unspecified atom stereocenters. The minimum atomic E-state index is -4.82. The summed E-state index contributed by atoms with van der Waals surface area (Å²) in [5, 5.41) is 15.6. The summed E-state index contributed by atoms with van der Waals surface area (Å²) >= 11 is 0. The van der Waals surface area contributed by atoms with Gasteiger partial charge in [-0.05, 0) is 120 Å². The summed E-state index contributed by atoms with van der Waals surface area (Å²) in [5.41, 5.74) is 14.9. The normalized spacial score (nSPS) is 11.7. The lowest BCUT2D eigenvalue weighted by molar-refractivity contribution is -0.137. The number of alkyl halides is 3. The van der Waals surface area contributed by atoms with Gasteiger partial charge in [0.15, 0.2) is 5.69 Å². The molecular formula is C67H45F3N4. The van der Waals surface area contributed by atoms with Gasteiger partial charge in [0.05, 0.1) is 45.6 Å². The van der Waals surface area contributed by atoms with Crippen LogP contribution in [-0.2, 0) is 6.18 Å². The summed E-state index contributed by atoms with van der Waals surface area (Å²) < 4.78 is 50.7. The third-order valence-corrected chi connectivity index (χ3v) is 14.4. The van der Waals surface area contributed by atoms with E-state index in [-0.39, 0.29) is 22.4 Å². The molecule has 0 amide bonds. The molecule has 354 valence electrons. The van der Waals surface area contributed by atoms with Crippen LogP contribution in [0.25, 0.3) is 115 Å². The monoisotopic (exact) mass is 962 g/mol. The van der Waals surface area contributed by atoms with E-state index in [0.717, 1.165) is 116 Å². The van der Waals surface area contributed by atoms with E-state index in [9.17, 15) is 5.26 Å². The lowest BCUT2D eigenvalue weighted by Crippen LogP contribution is -2.09. The number of halogens is 3. The van der Waals surface area contributed by atoms with Gasteiger partial charge in [0.25, 0.3) is 0 Å². The highest BCUT2D eigenvalue weighted by molar-refractivity contribution is 6.13. The maximum atomic E-state index is 15.5. The van der Waals surface area contributed by atoms with Crippen LogP contribution in [0.3, 0.4) is 0 Å². The fourth-order valence-corrected chi connectivity index (χ4v) is 11.0. The van der Waals surface area contributed by atoms with Crippen LogP contribution < -0.4 is 0 Å². The van der Waals surface area contributed by atoms with E-state index in [1.165, 1.54) is 12.1 Å². The van der Waals surface area contributed by atoms with Crippen molar-refractivity contribution in [1.29, 1.82) is 5.26 Å². The van der Waals surface area contributed by atoms with Crippen molar-refractivity contribution in [1.82, 2.24) is 9.13 Å². The van der Waals surface area contributed by atoms with Crippen molar-refractivity contribution < 1.29 is 13.2 Å². The highest BCUT2D eigenvalue weighted by atomic mass is 19.4. The Kier molecular flexibility index (Phi) is 10.9. The Morgan fingerprint density at radius 1 is 0.405 bits per heavy atom. The van der Waals surface area contributed by atoms with Gasteiger partial charge >= 0.3 is 6.18 Å². The average molecular weight is 963 g/mol. The lowest BCUT2D eigenvalue weighted by Gasteiger charge is -2.21. The fraction of sp³-hybridized carbons (Fsp3) is 0.0746. The molecule has 74 heavy (non-hydrogen) atoms. The molecule has 0 fully saturated rings. The van der Waals surface area contributed by atoms with E-state index in [1.807, 2.05) is 33.4 Å². The standard InChI is InChI=1S/C67H45F3N4/c1-40-11-6-15-44(29-40)48-21-25-53-54-26-22-49(45-16-7-12-41(2)30-45)34-61(54)73(60(53)33-48)64-37-52(66-58(67(68,69)70)19-10-20-59(66)72-5)38-65(57(64)39-71)74-62-35-50(46-17-8-13-42(3)31-46)23-27-55(62)56-28-24-51(36-63(56)74)47-18-9-14-43(4)32-47/h6-38H,1-4H3. The molecule has 10 aromatic carbocycles. The Balaban J connectivity index is 1.27. The molecule has 0 spiro atoms. The first-order valence-corrected chi connectivity index (χ1v) is 24.5. The van der Waals surface area contributed by atoms with Crippen LogP contribution in [0.2, 0.25) is 0 Å². The minimum absolute atomic E-state index is 0.146. The molecule has 0 aliphatic carbocycles. The summed E-state index contributed by atoms with van der Waals surface area (Å²) in [6.07, 6.45) is -4.82. The molecule has 0 saturated heterocycles. The predicted octanol–water partition coefficient (Wildman–Crippen LogP) is 18.9. The average Bonchev–Trinajstić information content (AvgIpc) is 3.94.